The number of carbonyl (C=O) groups is 2. The Hall–Kier alpha value is -3.52. The van der Waals surface area contributed by atoms with Crippen LogP contribution in [0.1, 0.15) is 31.8 Å². The first kappa shape index (κ1) is 17.3. The lowest BCUT2D eigenvalue weighted by Crippen LogP contribution is -2.34. The molecule has 0 bridgehead atoms. The molecule has 0 aromatic heterocycles. The van der Waals surface area contributed by atoms with Crippen molar-refractivity contribution in [1.29, 1.82) is 0 Å². The lowest BCUT2D eigenvalue weighted by Gasteiger charge is -2.39. The molecule has 0 saturated heterocycles. The highest BCUT2D eigenvalue weighted by molar-refractivity contribution is 6.16. The summed E-state index contributed by atoms with van der Waals surface area (Å²) in [5.41, 5.74) is 5.94. The summed E-state index contributed by atoms with van der Waals surface area (Å²) in [6.07, 6.45) is 16.4. The van der Waals surface area contributed by atoms with Gasteiger partial charge in [-0.3, -0.25) is 9.59 Å². The summed E-state index contributed by atoms with van der Waals surface area (Å²) < 4.78 is 0. The SMILES string of the molecule is O=C1c2ccccc2/C(=C2\c3ccccc3C(=O)C3C=CC=CC23)C2C=CC=CC12. The van der Waals surface area contributed by atoms with Crippen LogP contribution in [0, 0.1) is 23.7 Å². The van der Waals surface area contributed by atoms with Crippen LogP contribution in [0.3, 0.4) is 0 Å². The van der Waals surface area contributed by atoms with Crippen LogP contribution in [0.2, 0.25) is 0 Å². The molecule has 0 radical (unpaired) electrons. The van der Waals surface area contributed by atoms with E-state index in [9.17, 15) is 9.59 Å². The van der Waals surface area contributed by atoms with E-state index >= 15 is 0 Å². The summed E-state index contributed by atoms with van der Waals surface area (Å²) >= 11 is 0. The molecule has 4 unspecified atom stereocenters. The summed E-state index contributed by atoms with van der Waals surface area (Å²) in [4.78, 5) is 26.5. The highest BCUT2D eigenvalue weighted by Gasteiger charge is 2.43. The van der Waals surface area contributed by atoms with Gasteiger partial charge in [-0.05, 0) is 22.3 Å². The van der Waals surface area contributed by atoms with E-state index in [1.165, 1.54) is 11.1 Å². The summed E-state index contributed by atoms with van der Waals surface area (Å²) in [7, 11) is 0. The predicted octanol–water partition coefficient (Wildman–Crippen LogP) is 5.71. The molecule has 6 rings (SSSR count). The molecule has 0 N–H and O–H groups in total. The number of carbonyl (C=O) groups excluding carboxylic acids is 2. The molecule has 0 spiro atoms. The van der Waals surface area contributed by atoms with E-state index in [2.05, 4.69) is 24.3 Å². The van der Waals surface area contributed by atoms with E-state index in [-0.39, 0.29) is 35.2 Å². The number of ketones is 2. The van der Waals surface area contributed by atoms with Gasteiger partial charge in [-0.2, -0.15) is 0 Å². The predicted molar refractivity (Wildman–Crippen MR) is 119 cm³/mol. The van der Waals surface area contributed by atoms with Crippen molar-refractivity contribution in [3.05, 3.63) is 119 Å². The lowest BCUT2D eigenvalue weighted by atomic mass is 9.62. The summed E-state index contributed by atoms with van der Waals surface area (Å²) in [5, 5.41) is 0. The zero-order chi connectivity index (χ0) is 20.2. The van der Waals surface area contributed by atoms with Crippen molar-refractivity contribution in [2.24, 2.45) is 23.7 Å². The standard InChI is InChI=1S/C28H20O2/c29-27-21-13-5-1-9-17(21)25(18-10-2-6-14-22(18)27)26-19-11-3-7-15-23(19)28(30)24-16-8-4-12-20(24)26/h1-17,19,21,23H/b26-25-. The van der Waals surface area contributed by atoms with E-state index in [1.807, 2.05) is 72.9 Å². The van der Waals surface area contributed by atoms with Gasteiger partial charge in [0.25, 0.3) is 0 Å². The molecule has 2 aromatic carbocycles. The second kappa shape index (κ2) is 6.50. The molecule has 2 heteroatoms. The first-order valence-electron chi connectivity index (χ1n) is 10.5. The molecular formula is C28H20O2. The van der Waals surface area contributed by atoms with Crippen molar-refractivity contribution in [3.8, 4) is 0 Å². The molecule has 4 aliphatic carbocycles. The van der Waals surface area contributed by atoms with E-state index in [0.29, 0.717) is 0 Å². The fraction of sp³-hybridized carbons (Fsp3) is 0.143. The molecule has 0 heterocycles. The summed E-state index contributed by atoms with van der Waals surface area (Å²) in [5.74, 6) is -0.0764. The van der Waals surface area contributed by atoms with Crippen LogP contribution in [0.4, 0.5) is 0 Å². The van der Waals surface area contributed by atoms with Crippen molar-refractivity contribution in [1.82, 2.24) is 0 Å². The molecule has 4 aliphatic rings. The van der Waals surface area contributed by atoms with Gasteiger partial charge < -0.3 is 0 Å². The Kier molecular flexibility index (Phi) is 3.76. The Labute approximate surface area is 175 Å². The Bertz CT molecular complexity index is 1150. The number of hydrogen-bond acceptors (Lipinski definition) is 2. The van der Waals surface area contributed by atoms with Crippen LogP contribution in [0.5, 0.6) is 0 Å². The zero-order valence-electron chi connectivity index (χ0n) is 16.4. The summed E-state index contributed by atoms with van der Waals surface area (Å²) in [6.45, 7) is 0. The normalized spacial score (nSPS) is 30.5. The topological polar surface area (TPSA) is 34.1 Å². The molecule has 0 aliphatic heterocycles. The monoisotopic (exact) mass is 388 g/mol. The Morgan fingerprint density at radius 1 is 0.433 bits per heavy atom. The van der Waals surface area contributed by atoms with Crippen LogP contribution >= 0.6 is 0 Å². The van der Waals surface area contributed by atoms with Gasteiger partial charge in [0.1, 0.15) is 0 Å². The molecular weight excluding hydrogens is 368 g/mol. The van der Waals surface area contributed by atoms with Gasteiger partial charge in [0.15, 0.2) is 11.6 Å². The minimum atomic E-state index is -0.196. The van der Waals surface area contributed by atoms with Crippen LogP contribution in [-0.2, 0) is 0 Å². The second-order valence-electron chi connectivity index (χ2n) is 8.29. The molecule has 2 nitrogen and oxygen atoms in total. The fourth-order valence-electron chi connectivity index (χ4n) is 5.50. The van der Waals surface area contributed by atoms with Crippen LogP contribution in [0.25, 0.3) is 11.1 Å². The zero-order valence-corrected chi connectivity index (χ0v) is 16.4. The molecule has 144 valence electrons. The molecule has 2 aromatic rings. The molecule has 4 atom stereocenters. The molecule has 0 saturated carbocycles. The van der Waals surface area contributed by atoms with Crippen LogP contribution in [-0.4, -0.2) is 11.6 Å². The average molecular weight is 388 g/mol. The van der Waals surface area contributed by atoms with E-state index < -0.39 is 0 Å². The Morgan fingerprint density at radius 2 is 0.767 bits per heavy atom. The first-order chi connectivity index (χ1) is 14.8. The van der Waals surface area contributed by atoms with E-state index in [1.54, 1.807) is 0 Å². The number of Topliss-reactive ketones (excluding diaryl/α,β-unsaturated/α-hetero) is 2. The Balaban J connectivity index is 1.74. The van der Waals surface area contributed by atoms with Crippen molar-refractivity contribution >= 4 is 22.7 Å². The lowest BCUT2D eigenvalue weighted by molar-refractivity contribution is 0.0916. The second-order valence-corrected chi connectivity index (χ2v) is 8.29. The maximum absolute atomic E-state index is 13.3. The number of benzene rings is 2. The molecule has 0 amide bonds. The molecule has 0 fully saturated rings. The maximum atomic E-state index is 13.3. The third-order valence-electron chi connectivity index (χ3n) is 6.80. The highest BCUT2D eigenvalue weighted by atomic mass is 16.1. The fourth-order valence-corrected chi connectivity index (χ4v) is 5.50. The van der Waals surface area contributed by atoms with Gasteiger partial charge in [-0.1, -0.05) is 97.1 Å². The third-order valence-corrected chi connectivity index (χ3v) is 6.80. The third kappa shape index (κ3) is 2.31. The van der Waals surface area contributed by atoms with Crippen LogP contribution in [0.15, 0.2) is 97.1 Å². The largest absolute Gasteiger partial charge is 0.293 e. The number of fused-ring (bicyclic) bond motifs is 4. The minimum Gasteiger partial charge on any atom is -0.293 e. The maximum Gasteiger partial charge on any atom is 0.171 e. The van der Waals surface area contributed by atoms with Gasteiger partial charge in [0.2, 0.25) is 0 Å². The van der Waals surface area contributed by atoms with Gasteiger partial charge in [-0.25, -0.2) is 0 Å². The van der Waals surface area contributed by atoms with Crippen molar-refractivity contribution < 1.29 is 9.59 Å². The number of rotatable bonds is 0. The molecule has 30 heavy (non-hydrogen) atoms. The number of hydrogen-bond donors (Lipinski definition) is 0. The number of allylic oxidation sites excluding steroid dienone is 10. The van der Waals surface area contributed by atoms with Gasteiger partial charge >= 0.3 is 0 Å². The van der Waals surface area contributed by atoms with Crippen molar-refractivity contribution in [2.45, 2.75) is 0 Å². The average Bonchev–Trinajstić information content (AvgIpc) is 2.81. The smallest absolute Gasteiger partial charge is 0.171 e. The first-order valence-corrected chi connectivity index (χ1v) is 10.5. The minimum absolute atomic E-state index is 0.0198. The van der Waals surface area contributed by atoms with E-state index in [0.717, 1.165) is 22.3 Å². The van der Waals surface area contributed by atoms with E-state index in [4.69, 9.17) is 0 Å². The van der Waals surface area contributed by atoms with Crippen molar-refractivity contribution in [3.63, 3.8) is 0 Å². The van der Waals surface area contributed by atoms with Gasteiger partial charge in [0.05, 0.1) is 11.8 Å². The Morgan fingerprint density at radius 3 is 1.17 bits per heavy atom. The van der Waals surface area contributed by atoms with Crippen molar-refractivity contribution in [2.75, 3.05) is 0 Å². The summed E-state index contributed by atoms with van der Waals surface area (Å²) in [6, 6.07) is 15.9. The quantitative estimate of drug-likeness (QED) is 0.579. The van der Waals surface area contributed by atoms with Crippen LogP contribution < -0.4 is 0 Å². The van der Waals surface area contributed by atoms with Gasteiger partial charge in [-0.15, -0.1) is 0 Å². The van der Waals surface area contributed by atoms with Gasteiger partial charge in [0, 0.05) is 23.0 Å². The highest BCUT2D eigenvalue weighted by Crippen LogP contribution is 2.52.